The molecule has 1 aromatic carbocycles. The zero-order valence-electron chi connectivity index (χ0n) is 6.38. The van der Waals surface area contributed by atoms with Crippen molar-refractivity contribution in [2.45, 2.75) is 6.92 Å². The number of halogens is 2. The van der Waals surface area contributed by atoms with Gasteiger partial charge < -0.3 is 10.0 Å². The van der Waals surface area contributed by atoms with Crippen LogP contribution in [-0.4, -0.2) is 17.2 Å². The van der Waals surface area contributed by atoms with Crippen LogP contribution in [0.4, 0.5) is 4.39 Å². The smallest absolute Gasteiger partial charge is 0.423 e. The zero-order chi connectivity index (χ0) is 9.30. The fourth-order valence-corrected chi connectivity index (χ4v) is 1.71. The molecule has 0 bridgehead atoms. The van der Waals surface area contributed by atoms with Gasteiger partial charge in [-0.05, 0) is 24.6 Å². The Morgan fingerprint density at radius 1 is 1.42 bits per heavy atom. The SMILES string of the molecule is Cc1cc(F)c(B(O)O)c(Br)c1. The van der Waals surface area contributed by atoms with Crippen molar-refractivity contribution in [2.75, 3.05) is 0 Å². The van der Waals surface area contributed by atoms with E-state index in [1.54, 1.807) is 13.0 Å². The molecule has 5 heteroatoms. The van der Waals surface area contributed by atoms with E-state index in [0.717, 1.165) is 5.56 Å². The monoisotopic (exact) mass is 232 g/mol. The van der Waals surface area contributed by atoms with Gasteiger partial charge in [-0.25, -0.2) is 4.39 Å². The molecule has 0 aromatic heterocycles. The van der Waals surface area contributed by atoms with Crippen molar-refractivity contribution in [1.82, 2.24) is 0 Å². The van der Waals surface area contributed by atoms with E-state index in [4.69, 9.17) is 10.0 Å². The van der Waals surface area contributed by atoms with Gasteiger partial charge in [0.05, 0.1) is 0 Å². The highest BCUT2D eigenvalue weighted by Crippen LogP contribution is 2.12. The third-order valence-corrected chi connectivity index (χ3v) is 2.14. The number of hydrogen-bond acceptors (Lipinski definition) is 2. The number of rotatable bonds is 1. The molecule has 1 aromatic rings. The highest BCUT2D eigenvalue weighted by atomic mass is 79.9. The average Bonchev–Trinajstić information content (AvgIpc) is 1.82. The summed E-state index contributed by atoms with van der Waals surface area (Å²) in [5, 5.41) is 17.5. The summed E-state index contributed by atoms with van der Waals surface area (Å²) < 4.78 is 13.4. The van der Waals surface area contributed by atoms with Gasteiger partial charge in [-0.15, -0.1) is 0 Å². The Hall–Kier alpha value is -0.385. The van der Waals surface area contributed by atoms with E-state index in [0.29, 0.717) is 4.47 Å². The highest BCUT2D eigenvalue weighted by molar-refractivity contribution is 9.10. The standard InChI is InChI=1S/C7H7BBrFO2/c1-4-2-5(9)7(8(11)12)6(10)3-4/h2-3,11-12H,1H3. The maximum Gasteiger partial charge on any atom is 0.492 e. The molecule has 0 heterocycles. The van der Waals surface area contributed by atoms with E-state index in [1.807, 2.05) is 0 Å². The molecule has 0 amide bonds. The van der Waals surface area contributed by atoms with Crippen LogP contribution in [0.15, 0.2) is 16.6 Å². The number of hydrogen-bond donors (Lipinski definition) is 2. The lowest BCUT2D eigenvalue weighted by atomic mass is 9.79. The van der Waals surface area contributed by atoms with Crippen LogP contribution in [0, 0.1) is 12.7 Å². The van der Waals surface area contributed by atoms with Crippen LogP contribution in [0.3, 0.4) is 0 Å². The van der Waals surface area contributed by atoms with Crippen molar-refractivity contribution < 1.29 is 14.4 Å². The molecular formula is C7H7BBrFO2. The van der Waals surface area contributed by atoms with E-state index in [-0.39, 0.29) is 5.46 Å². The van der Waals surface area contributed by atoms with Crippen LogP contribution in [0.5, 0.6) is 0 Å². The molecule has 0 aliphatic heterocycles. The Kier molecular flexibility index (Phi) is 2.87. The molecule has 1 rings (SSSR count). The van der Waals surface area contributed by atoms with Gasteiger partial charge in [0, 0.05) is 9.94 Å². The van der Waals surface area contributed by atoms with E-state index in [2.05, 4.69) is 15.9 Å². The van der Waals surface area contributed by atoms with Crippen molar-refractivity contribution in [3.05, 3.63) is 28.0 Å². The Labute approximate surface area is 78.3 Å². The second-order valence-corrected chi connectivity index (χ2v) is 3.37. The van der Waals surface area contributed by atoms with Crippen molar-refractivity contribution in [3.63, 3.8) is 0 Å². The third kappa shape index (κ3) is 1.85. The normalized spacial score (nSPS) is 10.1. The van der Waals surface area contributed by atoms with Crippen LogP contribution in [0.2, 0.25) is 0 Å². The van der Waals surface area contributed by atoms with Gasteiger partial charge in [-0.3, -0.25) is 0 Å². The molecule has 2 N–H and O–H groups in total. The number of aryl methyl sites for hydroxylation is 1. The minimum Gasteiger partial charge on any atom is -0.423 e. The predicted molar refractivity (Wildman–Crippen MR) is 48.7 cm³/mol. The first kappa shape index (κ1) is 9.70. The fraction of sp³-hybridized carbons (Fsp3) is 0.143. The minimum atomic E-state index is -1.78. The number of benzene rings is 1. The molecule has 0 aliphatic rings. The van der Waals surface area contributed by atoms with Crippen molar-refractivity contribution in [1.29, 1.82) is 0 Å². The van der Waals surface area contributed by atoms with Crippen molar-refractivity contribution in [2.24, 2.45) is 0 Å². The summed E-state index contributed by atoms with van der Waals surface area (Å²) in [6, 6.07) is 2.87. The molecular weight excluding hydrogens is 226 g/mol. The zero-order valence-corrected chi connectivity index (χ0v) is 7.97. The van der Waals surface area contributed by atoms with E-state index >= 15 is 0 Å². The summed E-state index contributed by atoms with van der Waals surface area (Å²) in [6.45, 7) is 1.72. The van der Waals surface area contributed by atoms with E-state index < -0.39 is 12.9 Å². The first-order valence-corrected chi connectivity index (χ1v) is 4.13. The molecule has 0 saturated heterocycles. The molecule has 0 unspecified atom stereocenters. The van der Waals surface area contributed by atoms with Gasteiger partial charge >= 0.3 is 7.12 Å². The van der Waals surface area contributed by atoms with Crippen LogP contribution in [-0.2, 0) is 0 Å². The van der Waals surface area contributed by atoms with Gasteiger partial charge in [-0.1, -0.05) is 15.9 Å². The minimum absolute atomic E-state index is 0.124. The first-order chi connectivity index (χ1) is 5.52. The first-order valence-electron chi connectivity index (χ1n) is 3.34. The van der Waals surface area contributed by atoms with Gasteiger partial charge in [-0.2, -0.15) is 0 Å². The van der Waals surface area contributed by atoms with Crippen molar-refractivity contribution in [3.8, 4) is 0 Å². The summed E-state index contributed by atoms with van der Waals surface area (Å²) in [5.74, 6) is -0.614. The summed E-state index contributed by atoms with van der Waals surface area (Å²) in [5.41, 5.74) is 0.601. The topological polar surface area (TPSA) is 40.5 Å². The maximum absolute atomic E-state index is 13.0. The molecule has 0 atom stereocenters. The Morgan fingerprint density at radius 2 is 2.00 bits per heavy atom. The summed E-state index contributed by atoms with van der Waals surface area (Å²) in [4.78, 5) is 0. The van der Waals surface area contributed by atoms with Crippen LogP contribution in [0.1, 0.15) is 5.56 Å². The molecule has 0 fully saturated rings. The van der Waals surface area contributed by atoms with E-state index in [1.165, 1.54) is 6.07 Å². The van der Waals surface area contributed by atoms with Crippen molar-refractivity contribution >= 4 is 28.5 Å². The van der Waals surface area contributed by atoms with E-state index in [9.17, 15) is 4.39 Å². The summed E-state index contributed by atoms with van der Waals surface area (Å²) in [7, 11) is -1.78. The fourth-order valence-electron chi connectivity index (χ4n) is 0.958. The second kappa shape index (κ2) is 3.55. The lowest BCUT2D eigenvalue weighted by Crippen LogP contribution is -2.34. The summed E-state index contributed by atoms with van der Waals surface area (Å²) >= 11 is 3.04. The quantitative estimate of drug-likeness (QED) is 0.696. The predicted octanol–water partition coefficient (Wildman–Crippen LogP) is 0.576. The van der Waals surface area contributed by atoms with Gasteiger partial charge in [0.15, 0.2) is 0 Å². The molecule has 12 heavy (non-hydrogen) atoms. The molecule has 0 spiro atoms. The van der Waals surface area contributed by atoms with Gasteiger partial charge in [0.1, 0.15) is 5.82 Å². The third-order valence-electron chi connectivity index (χ3n) is 1.48. The molecule has 0 saturated carbocycles. The second-order valence-electron chi connectivity index (χ2n) is 2.52. The van der Waals surface area contributed by atoms with Crippen LogP contribution < -0.4 is 5.46 Å². The maximum atomic E-state index is 13.0. The Balaban J connectivity index is 3.28. The molecule has 2 nitrogen and oxygen atoms in total. The molecule has 64 valence electrons. The van der Waals surface area contributed by atoms with Crippen LogP contribution in [0.25, 0.3) is 0 Å². The lowest BCUT2D eigenvalue weighted by Gasteiger charge is -2.05. The Morgan fingerprint density at radius 3 is 2.42 bits per heavy atom. The molecule has 0 radical (unpaired) electrons. The lowest BCUT2D eigenvalue weighted by molar-refractivity contribution is 0.422. The largest absolute Gasteiger partial charge is 0.492 e. The average molecular weight is 233 g/mol. The molecule has 0 aliphatic carbocycles. The van der Waals surface area contributed by atoms with Gasteiger partial charge in [0.25, 0.3) is 0 Å². The highest BCUT2D eigenvalue weighted by Gasteiger charge is 2.19. The van der Waals surface area contributed by atoms with Gasteiger partial charge in [0.2, 0.25) is 0 Å². The van der Waals surface area contributed by atoms with Crippen LogP contribution >= 0.6 is 15.9 Å². The Bertz CT molecular complexity index is 280. The summed E-state index contributed by atoms with van der Waals surface area (Å²) in [6.07, 6.45) is 0.